The molecule has 0 unspecified atom stereocenters. The molecule has 2 aromatic rings. The summed E-state index contributed by atoms with van der Waals surface area (Å²) in [4.78, 5) is 14.8. The summed E-state index contributed by atoms with van der Waals surface area (Å²) in [7, 11) is 0. The molecule has 0 N–H and O–H groups in total. The Labute approximate surface area is 155 Å². The first kappa shape index (κ1) is 19.3. The number of halogens is 3. The molecular weight excluding hydrogens is 359 g/mol. The van der Waals surface area contributed by atoms with Gasteiger partial charge in [0, 0.05) is 50.9 Å². The lowest BCUT2D eigenvalue weighted by molar-refractivity contribution is -0.385. The number of alkyl halides is 3. The topological polar surface area (TPSA) is 49.6 Å². The molecule has 0 amide bonds. The van der Waals surface area contributed by atoms with Gasteiger partial charge in [0.2, 0.25) is 0 Å². The van der Waals surface area contributed by atoms with Crippen LogP contribution in [0.1, 0.15) is 16.7 Å². The predicted octanol–water partition coefficient (Wildman–Crippen LogP) is 3.93. The SMILES string of the molecule is O=[N+]([O-])c1ccccc1CN1CCN(Cc2ccccc2C(F)(F)F)CC1. The molecule has 5 nitrogen and oxygen atoms in total. The molecule has 0 radical (unpaired) electrons. The van der Waals surface area contributed by atoms with Crippen molar-refractivity contribution >= 4 is 5.69 Å². The maximum absolute atomic E-state index is 13.1. The Morgan fingerprint density at radius 2 is 1.33 bits per heavy atom. The van der Waals surface area contributed by atoms with E-state index in [1.54, 1.807) is 24.3 Å². The van der Waals surface area contributed by atoms with E-state index in [0.29, 0.717) is 38.3 Å². The Morgan fingerprint density at radius 3 is 1.89 bits per heavy atom. The van der Waals surface area contributed by atoms with Crippen molar-refractivity contribution in [3.05, 3.63) is 75.3 Å². The minimum absolute atomic E-state index is 0.0963. The largest absolute Gasteiger partial charge is 0.416 e. The first-order chi connectivity index (χ1) is 12.8. The molecule has 0 saturated carbocycles. The first-order valence-corrected chi connectivity index (χ1v) is 8.66. The Hall–Kier alpha value is -2.45. The second kappa shape index (κ2) is 8.06. The zero-order chi connectivity index (χ0) is 19.4. The average Bonchev–Trinajstić information content (AvgIpc) is 2.63. The van der Waals surface area contributed by atoms with Crippen LogP contribution in [0, 0.1) is 10.1 Å². The van der Waals surface area contributed by atoms with Crippen molar-refractivity contribution in [1.29, 1.82) is 0 Å². The molecule has 0 atom stereocenters. The van der Waals surface area contributed by atoms with Crippen molar-refractivity contribution in [2.75, 3.05) is 26.2 Å². The number of nitro benzene ring substituents is 1. The van der Waals surface area contributed by atoms with Crippen LogP contribution in [0.4, 0.5) is 18.9 Å². The highest BCUT2D eigenvalue weighted by atomic mass is 19.4. The summed E-state index contributed by atoms with van der Waals surface area (Å²) in [6, 6.07) is 12.3. The van der Waals surface area contributed by atoms with Gasteiger partial charge in [-0.3, -0.25) is 19.9 Å². The van der Waals surface area contributed by atoms with Gasteiger partial charge < -0.3 is 0 Å². The third-order valence-electron chi connectivity index (χ3n) is 4.76. The molecule has 0 spiro atoms. The van der Waals surface area contributed by atoms with Gasteiger partial charge in [0.25, 0.3) is 5.69 Å². The van der Waals surface area contributed by atoms with Crippen molar-refractivity contribution in [3.8, 4) is 0 Å². The van der Waals surface area contributed by atoms with E-state index in [1.165, 1.54) is 18.2 Å². The van der Waals surface area contributed by atoms with E-state index in [2.05, 4.69) is 4.90 Å². The normalized spacial score (nSPS) is 16.4. The van der Waals surface area contributed by atoms with Gasteiger partial charge in [-0.05, 0) is 11.6 Å². The van der Waals surface area contributed by atoms with Crippen LogP contribution in [-0.2, 0) is 19.3 Å². The molecule has 1 aliphatic heterocycles. The van der Waals surface area contributed by atoms with Gasteiger partial charge in [0.1, 0.15) is 0 Å². The van der Waals surface area contributed by atoms with Crippen LogP contribution < -0.4 is 0 Å². The van der Waals surface area contributed by atoms with Crippen molar-refractivity contribution in [2.24, 2.45) is 0 Å². The predicted molar refractivity (Wildman–Crippen MR) is 95.1 cm³/mol. The number of nitro groups is 1. The Bertz CT molecular complexity index is 803. The van der Waals surface area contributed by atoms with Crippen molar-refractivity contribution in [2.45, 2.75) is 19.3 Å². The molecule has 1 fully saturated rings. The summed E-state index contributed by atoms with van der Waals surface area (Å²) < 4.78 is 39.4. The molecular formula is C19H20F3N3O2. The zero-order valence-electron chi connectivity index (χ0n) is 14.7. The lowest BCUT2D eigenvalue weighted by Gasteiger charge is -2.35. The van der Waals surface area contributed by atoms with Crippen molar-refractivity contribution in [3.63, 3.8) is 0 Å². The molecule has 27 heavy (non-hydrogen) atoms. The second-order valence-corrected chi connectivity index (χ2v) is 6.59. The quantitative estimate of drug-likeness (QED) is 0.583. The summed E-state index contributed by atoms with van der Waals surface area (Å²) in [6.45, 7) is 3.25. The number of hydrogen-bond acceptors (Lipinski definition) is 4. The number of hydrogen-bond donors (Lipinski definition) is 0. The van der Waals surface area contributed by atoms with Gasteiger partial charge >= 0.3 is 6.18 Å². The van der Waals surface area contributed by atoms with Crippen LogP contribution >= 0.6 is 0 Å². The minimum atomic E-state index is -4.36. The standard InChI is InChI=1S/C19H20F3N3O2/c20-19(21,22)17-7-3-1-5-15(17)13-23-9-11-24(12-10-23)14-16-6-2-4-8-18(16)25(26)27/h1-8H,9-14H2. The van der Waals surface area contributed by atoms with Gasteiger partial charge in [-0.15, -0.1) is 0 Å². The number of benzene rings is 2. The lowest BCUT2D eigenvalue weighted by atomic mass is 10.1. The van der Waals surface area contributed by atoms with Crippen molar-refractivity contribution < 1.29 is 18.1 Å². The van der Waals surface area contributed by atoms with E-state index in [1.807, 2.05) is 4.90 Å². The van der Waals surface area contributed by atoms with E-state index < -0.39 is 11.7 Å². The number of piperazine rings is 1. The first-order valence-electron chi connectivity index (χ1n) is 8.66. The van der Waals surface area contributed by atoms with E-state index in [-0.39, 0.29) is 22.7 Å². The van der Waals surface area contributed by atoms with Crippen molar-refractivity contribution in [1.82, 2.24) is 9.80 Å². The third-order valence-corrected chi connectivity index (χ3v) is 4.76. The third kappa shape index (κ3) is 4.84. The van der Waals surface area contributed by atoms with Crippen LogP contribution in [0.25, 0.3) is 0 Å². The molecule has 144 valence electrons. The molecule has 0 aromatic heterocycles. The number of para-hydroxylation sites is 1. The van der Waals surface area contributed by atoms with Crippen LogP contribution in [0.15, 0.2) is 48.5 Å². The highest BCUT2D eigenvalue weighted by molar-refractivity contribution is 5.39. The summed E-state index contributed by atoms with van der Waals surface area (Å²) in [5, 5.41) is 11.1. The molecule has 8 heteroatoms. The summed E-state index contributed by atoms with van der Waals surface area (Å²) >= 11 is 0. The highest BCUT2D eigenvalue weighted by Gasteiger charge is 2.33. The lowest BCUT2D eigenvalue weighted by Crippen LogP contribution is -2.45. The Balaban J connectivity index is 1.60. The Kier molecular flexibility index (Phi) is 5.76. The van der Waals surface area contributed by atoms with Crippen LogP contribution in [-0.4, -0.2) is 40.9 Å². The molecule has 1 aliphatic rings. The number of nitrogens with zero attached hydrogens (tertiary/aromatic N) is 3. The molecule has 1 heterocycles. The monoisotopic (exact) mass is 379 g/mol. The molecule has 1 saturated heterocycles. The zero-order valence-corrected chi connectivity index (χ0v) is 14.7. The van der Waals surface area contributed by atoms with E-state index in [9.17, 15) is 23.3 Å². The minimum Gasteiger partial charge on any atom is -0.297 e. The summed E-state index contributed by atoms with van der Waals surface area (Å²) in [5.41, 5.74) is 0.432. The fraction of sp³-hybridized carbons (Fsp3) is 0.368. The van der Waals surface area contributed by atoms with Gasteiger partial charge in [0.05, 0.1) is 10.5 Å². The van der Waals surface area contributed by atoms with E-state index in [0.717, 1.165) is 6.07 Å². The van der Waals surface area contributed by atoms with Crippen LogP contribution in [0.5, 0.6) is 0 Å². The van der Waals surface area contributed by atoms with Gasteiger partial charge in [-0.25, -0.2) is 0 Å². The van der Waals surface area contributed by atoms with E-state index >= 15 is 0 Å². The van der Waals surface area contributed by atoms with Crippen LogP contribution in [0.3, 0.4) is 0 Å². The average molecular weight is 379 g/mol. The molecule has 2 aromatic carbocycles. The van der Waals surface area contributed by atoms with Gasteiger partial charge in [-0.2, -0.15) is 13.2 Å². The molecule has 3 rings (SSSR count). The van der Waals surface area contributed by atoms with E-state index in [4.69, 9.17) is 0 Å². The fourth-order valence-corrected chi connectivity index (χ4v) is 3.34. The fourth-order valence-electron chi connectivity index (χ4n) is 3.34. The van der Waals surface area contributed by atoms with Gasteiger partial charge in [0.15, 0.2) is 0 Å². The second-order valence-electron chi connectivity index (χ2n) is 6.59. The van der Waals surface area contributed by atoms with Gasteiger partial charge in [-0.1, -0.05) is 36.4 Å². The Morgan fingerprint density at radius 1 is 0.852 bits per heavy atom. The maximum Gasteiger partial charge on any atom is 0.416 e. The smallest absolute Gasteiger partial charge is 0.297 e. The maximum atomic E-state index is 13.1. The molecule has 0 bridgehead atoms. The van der Waals surface area contributed by atoms with Crippen LogP contribution in [0.2, 0.25) is 0 Å². The molecule has 0 aliphatic carbocycles. The number of rotatable bonds is 5. The highest BCUT2D eigenvalue weighted by Crippen LogP contribution is 2.32. The summed E-state index contributed by atoms with van der Waals surface area (Å²) in [5.74, 6) is 0. The summed E-state index contributed by atoms with van der Waals surface area (Å²) in [6.07, 6.45) is -4.36.